The van der Waals surface area contributed by atoms with Crippen LogP contribution in [-0.2, 0) is 21.3 Å². The second kappa shape index (κ2) is 7.96. The van der Waals surface area contributed by atoms with Crippen LogP contribution in [0.3, 0.4) is 0 Å². The van der Waals surface area contributed by atoms with Crippen LogP contribution in [0.25, 0.3) is 0 Å². The fraction of sp³-hybridized carbons (Fsp3) is 0.474. The summed E-state index contributed by atoms with van der Waals surface area (Å²) in [5.74, 6) is -1.78. The molecule has 3 rings (SSSR count). The van der Waals surface area contributed by atoms with Crippen LogP contribution in [0.15, 0.2) is 24.3 Å². The smallest absolute Gasteiger partial charge is 0.335 e. The quantitative estimate of drug-likeness (QED) is 0.642. The van der Waals surface area contributed by atoms with Crippen molar-refractivity contribution in [3.05, 3.63) is 35.4 Å². The number of carbonyl (C=O) groups is 4. The summed E-state index contributed by atoms with van der Waals surface area (Å²) in [7, 11) is 0. The highest BCUT2D eigenvalue weighted by Crippen LogP contribution is 2.34. The van der Waals surface area contributed by atoms with Gasteiger partial charge in [-0.2, -0.15) is 13.2 Å². The minimum absolute atomic E-state index is 0.0290. The number of benzene rings is 1. The Bertz CT molecular complexity index is 883. The molecule has 11 heteroatoms. The minimum Gasteiger partial charge on any atom is -0.335 e. The summed E-state index contributed by atoms with van der Waals surface area (Å²) in [5.41, 5.74) is -2.81. The maximum atomic E-state index is 13.0. The number of alkyl halides is 3. The number of amides is 6. The number of carbonyl (C=O) groups excluding carboxylic acids is 4. The van der Waals surface area contributed by atoms with E-state index in [1.165, 1.54) is 13.0 Å². The number of hydrogen-bond acceptors (Lipinski definition) is 4. The number of nitrogens with zero attached hydrogens (tertiary/aromatic N) is 1. The molecule has 1 aliphatic carbocycles. The van der Waals surface area contributed by atoms with Gasteiger partial charge in [-0.1, -0.05) is 25.0 Å². The molecule has 162 valence electrons. The maximum Gasteiger partial charge on any atom is 0.416 e. The Kier molecular flexibility index (Phi) is 5.73. The van der Waals surface area contributed by atoms with Crippen LogP contribution >= 0.6 is 0 Å². The van der Waals surface area contributed by atoms with E-state index in [2.05, 4.69) is 16.0 Å². The highest BCUT2D eigenvalue weighted by atomic mass is 19.4. The monoisotopic (exact) mass is 426 g/mol. The predicted molar refractivity (Wildman–Crippen MR) is 98.0 cm³/mol. The average Bonchev–Trinajstić information content (AvgIpc) is 3.24. The first kappa shape index (κ1) is 21.6. The van der Waals surface area contributed by atoms with Gasteiger partial charge < -0.3 is 10.6 Å². The summed E-state index contributed by atoms with van der Waals surface area (Å²) in [6.45, 7) is 0.519. The predicted octanol–water partition coefficient (Wildman–Crippen LogP) is 2.24. The van der Waals surface area contributed by atoms with E-state index < -0.39 is 47.7 Å². The molecule has 2 fully saturated rings. The van der Waals surface area contributed by atoms with Crippen LogP contribution in [0.1, 0.15) is 43.7 Å². The Balaban J connectivity index is 1.68. The molecule has 1 atom stereocenters. The zero-order valence-corrected chi connectivity index (χ0v) is 16.1. The van der Waals surface area contributed by atoms with E-state index >= 15 is 0 Å². The van der Waals surface area contributed by atoms with Crippen LogP contribution in [0.5, 0.6) is 0 Å². The van der Waals surface area contributed by atoms with Gasteiger partial charge in [0.2, 0.25) is 5.91 Å². The van der Waals surface area contributed by atoms with E-state index in [1.54, 1.807) is 0 Å². The lowest BCUT2D eigenvalue weighted by Crippen LogP contribution is -2.48. The number of rotatable bonds is 4. The summed E-state index contributed by atoms with van der Waals surface area (Å²) in [6.07, 6.45) is -1.04. The van der Waals surface area contributed by atoms with Gasteiger partial charge in [0.25, 0.3) is 5.91 Å². The SMILES string of the molecule is CC1(c2cccc(C(F)(F)F)c2)NC(=O)N(CC(=O)NC(=O)NC2CCCC2)C1=O. The Labute approximate surface area is 170 Å². The van der Waals surface area contributed by atoms with Crippen molar-refractivity contribution in [2.45, 2.75) is 50.4 Å². The van der Waals surface area contributed by atoms with Gasteiger partial charge in [0.05, 0.1) is 5.56 Å². The topological polar surface area (TPSA) is 108 Å². The van der Waals surface area contributed by atoms with Gasteiger partial charge in [-0.05, 0) is 37.5 Å². The molecule has 6 amide bonds. The first-order chi connectivity index (χ1) is 14.0. The highest BCUT2D eigenvalue weighted by molar-refractivity contribution is 6.10. The Hall–Kier alpha value is -3.11. The fourth-order valence-corrected chi connectivity index (χ4v) is 3.64. The minimum atomic E-state index is -4.62. The van der Waals surface area contributed by atoms with Crippen LogP contribution in [-0.4, -0.2) is 41.4 Å². The fourth-order valence-electron chi connectivity index (χ4n) is 3.64. The highest BCUT2D eigenvalue weighted by Gasteiger charge is 2.50. The molecule has 1 saturated heterocycles. The van der Waals surface area contributed by atoms with Crippen molar-refractivity contribution in [3.63, 3.8) is 0 Å². The van der Waals surface area contributed by atoms with Gasteiger partial charge >= 0.3 is 18.2 Å². The molecule has 0 aromatic heterocycles. The number of halogens is 3. The van der Waals surface area contributed by atoms with Crippen molar-refractivity contribution in [1.82, 2.24) is 20.9 Å². The van der Waals surface area contributed by atoms with Crippen molar-refractivity contribution in [2.24, 2.45) is 0 Å². The summed E-state index contributed by atoms with van der Waals surface area (Å²) >= 11 is 0. The molecule has 0 radical (unpaired) electrons. The Morgan fingerprint density at radius 3 is 2.53 bits per heavy atom. The van der Waals surface area contributed by atoms with Gasteiger partial charge in [-0.3, -0.25) is 19.8 Å². The van der Waals surface area contributed by atoms with E-state index in [0.717, 1.165) is 43.9 Å². The maximum absolute atomic E-state index is 13.0. The van der Waals surface area contributed by atoms with E-state index in [4.69, 9.17) is 0 Å². The number of nitrogens with one attached hydrogen (secondary N) is 3. The van der Waals surface area contributed by atoms with Crippen molar-refractivity contribution in [1.29, 1.82) is 0 Å². The first-order valence-corrected chi connectivity index (χ1v) is 9.43. The zero-order valence-electron chi connectivity index (χ0n) is 16.1. The lowest BCUT2D eigenvalue weighted by Gasteiger charge is -2.23. The van der Waals surface area contributed by atoms with Crippen molar-refractivity contribution >= 4 is 23.9 Å². The largest absolute Gasteiger partial charge is 0.416 e. The number of urea groups is 2. The second-order valence-electron chi connectivity index (χ2n) is 7.53. The zero-order chi connectivity index (χ0) is 22.1. The molecule has 1 aromatic carbocycles. The Morgan fingerprint density at radius 2 is 1.90 bits per heavy atom. The molecule has 3 N–H and O–H groups in total. The molecule has 1 aliphatic heterocycles. The second-order valence-corrected chi connectivity index (χ2v) is 7.53. The summed E-state index contributed by atoms with van der Waals surface area (Å²) in [6, 6.07) is 2.35. The van der Waals surface area contributed by atoms with Crippen molar-refractivity contribution in [2.75, 3.05) is 6.54 Å². The van der Waals surface area contributed by atoms with E-state index in [0.29, 0.717) is 4.90 Å². The Morgan fingerprint density at radius 1 is 1.23 bits per heavy atom. The van der Waals surface area contributed by atoms with Crippen LogP contribution < -0.4 is 16.0 Å². The van der Waals surface area contributed by atoms with E-state index in [9.17, 15) is 32.3 Å². The molecular formula is C19H21F3N4O4. The number of imide groups is 2. The number of hydrogen-bond donors (Lipinski definition) is 3. The van der Waals surface area contributed by atoms with Crippen LogP contribution in [0.2, 0.25) is 0 Å². The third-order valence-electron chi connectivity index (χ3n) is 5.29. The third-order valence-corrected chi connectivity index (χ3v) is 5.29. The molecule has 1 aromatic rings. The average molecular weight is 426 g/mol. The molecule has 1 unspecified atom stereocenters. The van der Waals surface area contributed by atoms with Crippen LogP contribution in [0.4, 0.5) is 22.8 Å². The van der Waals surface area contributed by atoms with Gasteiger partial charge in [0.15, 0.2) is 0 Å². The molecule has 1 heterocycles. The first-order valence-electron chi connectivity index (χ1n) is 9.43. The standard InChI is InChI=1S/C19H21F3N4O4/c1-18(11-5-4-6-12(9-11)19(20,21)22)15(28)26(17(30)25-18)10-14(27)24-16(29)23-13-7-2-3-8-13/h4-6,9,13H,2-3,7-8,10H2,1H3,(H,25,30)(H2,23,24,27,29). The third kappa shape index (κ3) is 4.39. The summed E-state index contributed by atoms with van der Waals surface area (Å²) in [4.78, 5) is 49.6. The van der Waals surface area contributed by atoms with Gasteiger partial charge in [-0.15, -0.1) is 0 Å². The van der Waals surface area contributed by atoms with Crippen molar-refractivity contribution < 1.29 is 32.3 Å². The van der Waals surface area contributed by atoms with E-state index in [-0.39, 0.29) is 11.6 Å². The lowest BCUT2D eigenvalue weighted by molar-refractivity contribution is -0.138. The van der Waals surface area contributed by atoms with Crippen LogP contribution in [0, 0.1) is 0 Å². The van der Waals surface area contributed by atoms with E-state index in [1.807, 2.05) is 0 Å². The molecule has 2 aliphatic rings. The summed E-state index contributed by atoms with van der Waals surface area (Å²) in [5, 5.41) is 7.03. The molecule has 30 heavy (non-hydrogen) atoms. The molecule has 0 bridgehead atoms. The molecule has 8 nitrogen and oxygen atoms in total. The van der Waals surface area contributed by atoms with Gasteiger partial charge in [0, 0.05) is 6.04 Å². The van der Waals surface area contributed by atoms with Gasteiger partial charge in [-0.25, -0.2) is 9.59 Å². The lowest BCUT2D eigenvalue weighted by atomic mass is 9.90. The summed E-state index contributed by atoms with van der Waals surface area (Å²) < 4.78 is 39.0. The normalized spacial score (nSPS) is 22.2. The molecular weight excluding hydrogens is 405 g/mol. The van der Waals surface area contributed by atoms with Gasteiger partial charge in [0.1, 0.15) is 12.1 Å². The molecule has 1 saturated carbocycles. The van der Waals surface area contributed by atoms with Crippen molar-refractivity contribution in [3.8, 4) is 0 Å². The molecule has 0 spiro atoms.